The molecule has 2 atom stereocenters. The summed E-state index contributed by atoms with van der Waals surface area (Å²) in [5.74, 6) is 1.64. The van der Waals surface area contributed by atoms with E-state index in [0.29, 0.717) is 0 Å². The number of nitrogens with two attached hydrogens (primary N) is 1. The molecule has 0 aliphatic heterocycles. The molecule has 2 rings (SSSR count). The molecule has 0 radical (unpaired) electrons. The molecule has 2 unspecified atom stereocenters. The summed E-state index contributed by atoms with van der Waals surface area (Å²) in [5, 5.41) is 2.16. The van der Waals surface area contributed by atoms with Crippen molar-refractivity contribution in [3.63, 3.8) is 0 Å². The average molecular weight is 251 g/mol. The Balaban J connectivity index is 1.89. The lowest BCUT2D eigenvalue weighted by atomic mass is 9.70. The Morgan fingerprint density at radius 2 is 2.35 bits per heavy atom. The first-order valence-electron chi connectivity index (χ1n) is 6.90. The minimum absolute atomic E-state index is 0.108. The summed E-state index contributed by atoms with van der Waals surface area (Å²) in [5.41, 5.74) is 6.72. The molecular weight excluding hydrogens is 226 g/mol. The lowest BCUT2D eigenvalue weighted by Gasteiger charge is -2.39. The number of rotatable bonds is 4. The van der Waals surface area contributed by atoms with E-state index in [2.05, 4.69) is 31.4 Å². The van der Waals surface area contributed by atoms with Gasteiger partial charge >= 0.3 is 0 Å². The second-order valence-corrected chi connectivity index (χ2v) is 7.07. The molecule has 2 N–H and O–H groups in total. The highest BCUT2D eigenvalue weighted by Crippen LogP contribution is 2.37. The number of thiophene rings is 1. The van der Waals surface area contributed by atoms with Crippen LogP contribution in [-0.4, -0.2) is 5.54 Å². The predicted octanol–water partition coefficient (Wildman–Crippen LogP) is 4.22. The van der Waals surface area contributed by atoms with Gasteiger partial charge in [0, 0.05) is 10.4 Å². The van der Waals surface area contributed by atoms with E-state index < -0.39 is 0 Å². The number of hydrogen-bond acceptors (Lipinski definition) is 2. The van der Waals surface area contributed by atoms with Crippen LogP contribution in [0.15, 0.2) is 17.5 Å². The van der Waals surface area contributed by atoms with Gasteiger partial charge in [0.1, 0.15) is 0 Å². The van der Waals surface area contributed by atoms with E-state index in [-0.39, 0.29) is 5.54 Å². The summed E-state index contributed by atoms with van der Waals surface area (Å²) < 4.78 is 0. The monoisotopic (exact) mass is 251 g/mol. The van der Waals surface area contributed by atoms with Gasteiger partial charge in [0.05, 0.1) is 0 Å². The first kappa shape index (κ1) is 13.1. The Labute approximate surface area is 109 Å². The Hall–Kier alpha value is -0.340. The maximum atomic E-state index is 6.61. The highest BCUT2D eigenvalue weighted by molar-refractivity contribution is 7.09. The van der Waals surface area contributed by atoms with Gasteiger partial charge in [-0.05, 0) is 49.0 Å². The lowest BCUT2D eigenvalue weighted by Crippen LogP contribution is -2.45. The SMILES string of the molecule is CC(C)C1CCCC(N)(CCc2cccs2)C1. The number of aryl methyl sites for hydroxylation is 1. The van der Waals surface area contributed by atoms with Gasteiger partial charge in [-0.2, -0.15) is 0 Å². The smallest absolute Gasteiger partial charge is 0.0160 e. The molecule has 17 heavy (non-hydrogen) atoms. The van der Waals surface area contributed by atoms with Crippen molar-refractivity contribution in [2.75, 3.05) is 0 Å². The first-order chi connectivity index (χ1) is 8.09. The van der Waals surface area contributed by atoms with Crippen LogP contribution in [0.2, 0.25) is 0 Å². The summed E-state index contributed by atoms with van der Waals surface area (Å²) >= 11 is 1.86. The second kappa shape index (κ2) is 5.53. The maximum absolute atomic E-state index is 6.61. The van der Waals surface area contributed by atoms with Crippen molar-refractivity contribution in [1.82, 2.24) is 0 Å². The molecule has 0 aromatic carbocycles. The van der Waals surface area contributed by atoms with Crippen LogP contribution in [0.25, 0.3) is 0 Å². The zero-order valence-electron chi connectivity index (χ0n) is 11.1. The van der Waals surface area contributed by atoms with Crippen molar-refractivity contribution in [1.29, 1.82) is 0 Å². The van der Waals surface area contributed by atoms with Gasteiger partial charge in [0.25, 0.3) is 0 Å². The fourth-order valence-corrected chi connectivity index (χ4v) is 3.77. The third-order valence-electron chi connectivity index (χ3n) is 4.31. The minimum Gasteiger partial charge on any atom is -0.325 e. The molecule has 1 heterocycles. The van der Waals surface area contributed by atoms with E-state index in [9.17, 15) is 0 Å². The van der Waals surface area contributed by atoms with Gasteiger partial charge in [0.2, 0.25) is 0 Å². The largest absolute Gasteiger partial charge is 0.325 e. The van der Waals surface area contributed by atoms with Gasteiger partial charge in [0.15, 0.2) is 0 Å². The van der Waals surface area contributed by atoms with Crippen LogP contribution >= 0.6 is 11.3 Å². The zero-order valence-corrected chi connectivity index (χ0v) is 11.9. The van der Waals surface area contributed by atoms with E-state index in [1.54, 1.807) is 0 Å². The van der Waals surface area contributed by atoms with Crippen molar-refractivity contribution in [3.8, 4) is 0 Å². The van der Waals surface area contributed by atoms with Crippen molar-refractivity contribution in [2.45, 2.75) is 57.9 Å². The quantitative estimate of drug-likeness (QED) is 0.851. The molecule has 1 aliphatic rings. The highest BCUT2D eigenvalue weighted by atomic mass is 32.1. The topological polar surface area (TPSA) is 26.0 Å². The zero-order chi connectivity index (χ0) is 12.3. The third-order valence-corrected chi connectivity index (χ3v) is 5.25. The van der Waals surface area contributed by atoms with Crippen LogP contribution in [0.3, 0.4) is 0 Å². The maximum Gasteiger partial charge on any atom is 0.0160 e. The summed E-state index contributed by atoms with van der Waals surface area (Å²) in [7, 11) is 0. The Bertz CT molecular complexity index is 331. The van der Waals surface area contributed by atoms with Gasteiger partial charge in [-0.1, -0.05) is 32.8 Å². The van der Waals surface area contributed by atoms with Crippen molar-refractivity contribution in [3.05, 3.63) is 22.4 Å². The molecule has 1 aliphatic carbocycles. The molecule has 0 saturated heterocycles. The molecule has 1 aromatic rings. The van der Waals surface area contributed by atoms with Crippen molar-refractivity contribution in [2.24, 2.45) is 17.6 Å². The molecule has 0 bridgehead atoms. The lowest BCUT2D eigenvalue weighted by molar-refractivity contribution is 0.175. The van der Waals surface area contributed by atoms with Crippen molar-refractivity contribution >= 4 is 11.3 Å². The van der Waals surface area contributed by atoms with E-state index in [4.69, 9.17) is 5.73 Å². The van der Waals surface area contributed by atoms with Crippen molar-refractivity contribution < 1.29 is 0 Å². The molecule has 96 valence electrons. The molecule has 2 heteroatoms. The number of hydrogen-bond donors (Lipinski definition) is 1. The van der Waals surface area contributed by atoms with E-state index >= 15 is 0 Å². The van der Waals surface area contributed by atoms with E-state index in [1.807, 2.05) is 11.3 Å². The summed E-state index contributed by atoms with van der Waals surface area (Å²) in [6.45, 7) is 4.69. The summed E-state index contributed by atoms with van der Waals surface area (Å²) in [6, 6.07) is 4.37. The average Bonchev–Trinajstić information content (AvgIpc) is 2.79. The highest BCUT2D eigenvalue weighted by Gasteiger charge is 2.33. The van der Waals surface area contributed by atoms with E-state index in [1.165, 1.54) is 37.0 Å². The molecule has 1 fully saturated rings. The van der Waals surface area contributed by atoms with Crippen LogP contribution in [-0.2, 0) is 6.42 Å². The summed E-state index contributed by atoms with van der Waals surface area (Å²) in [4.78, 5) is 1.49. The molecular formula is C15H25NS. The van der Waals surface area contributed by atoms with Crippen LogP contribution in [0.1, 0.15) is 50.8 Å². The molecule has 1 nitrogen and oxygen atoms in total. The Morgan fingerprint density at radius 3 is 3.00 bits per heavy atom. The van der Waals surface area contributed by atoms with E-state index in [0.717, 1.165) is 18.3 Å². The van der Waals surface area contributed by atoms with Gasteiger partial charge in [-0.15, -0.1) is 11.3 Å². The molecule has 0 spiro atoms. The molecule has 1 aromatic heterocycles. The summed E-state index contributed by atoms with van der Waals surface area (Å²) in [6.07, 6.45) is 7.49. The fourth-order valence-electron chi connectivity index (χ4n) is 3.07. The Morgan fingerprint density at radius 1 is 1.53 bits per heavy atom. The first-order valence-corrected chi connectivity index (χ1v) is 7.78. The third kappa shape index (κ3) is 3.56. The van der Waals surface area contributed by atoms with Gasteiger partial charge in [-0.25, -0.2) is 0 Å². The van der Waals surface area contributed by atoms with Gasteiger partial charge < -0.3 is 5.73 Å². The van der Waals surface area contributed by atoms with Crippen LogP contribution in [0.5, 0.6) is 0 Å². The minimum atomic E-state index is 0.108. The van der Waals surface area contributed by atoms with Gasteiger partial charge in [-0.3, -0.25) is 0 Å². The predicted molar refractivity (Wildman–Crippen MR) is 76.4 cm³/mol. The van der Waals surface area contributed by atoms with Crippen LogP contribution in [0, 0.1) is 11.8 Å². The Kier molecular flexibility index (Phi) is 4.26. The molecule has 1 saturated carbocycles. The fraction of sp³-hybridized carbons (Fsp3) is 0.733. The standard InChI is InChI=1S/C15H25NS/c1-12(2)13-5-3-8-15(16,11-13)9-7-14-6-4-10-17-14/h4,6,10,12-13H,3,5,7-9,11,16H2,1-2H3. The van der Waals surface area contributed by atoms with Crippen LogP contribution in [0.4, 0.5) is 0 Å². The normalized spacial score (nSPS) is 29.8. The second-order valence-electron chi connectivity index (χ2n) is 6.04. The van der Waals surface area contributed by atoms with Crippen LogP contribution < -0.4 is 5.73 Å². The molecule has 0 amide bonds.